The number of aryl methyl sites for hydroxylation is 2. The van der Waals surface area contributed by atoms with Gasteiger partial charge in [-0.15, -0.1) is 0 Å². The zero-order valence-corrected chi connectivity index (χ0v) is 14.0. The SMILES string of the molecule is CCCNC(C)C(c1c([N+](=O)[O-])c(CC)nn1C)C(C)C. The van der Waals surface area contributed by atoms with E-state index < -0.39 is 0 Å². The number of nitro groups is 1. The fourth-order valence-corrected chi connectivity index (χ4v) is 3.02. The average Bonchev–Trinajstić information content (AvgIpc) is 2.73. The largest absolute Gasteiger partial charge is 0.314 e. The van der Waals surface area contributed by atoms with Gasteiger partial charge in [0.15, 0.2) is 0 Å². The summed E-state index contributed by atoms with van der Waals surface area (Å²) in [5.74, 6) is 0.359. The fourth-order valence-electron chi connectivity index (χ4n) is 3.02. The van der Waals surface area contributed by atoms with Crippen LogP contribution in [-0.4, -0.2) is 27.3 Å². The van der Waals surface area contributed by atoms with Crippen molar-refractivity contribution in [1.29, 1.82) is 0 Å². The summed E-state index contributed by atoms with van der Waals surface area (Å²) in [4.78, 5) is 11.2. The van der Waals surface area contributed by atoms with E-state index in [1.54, 1.807) is 4.68 Å². The van der Waals surface area contributed by atoms with E-state index in [2.05, 4.69) is 38.1 Å². The second kappa shape index (κ2) is 7.54. The first-order valence-electron chi connectivity index (χ1n) is 7.78. The van der Waals surface area contributed by atoms with E-state index in [1.165, 1.54) is 0 Å². The van der Waals surface area contributed by atoms with Gasteiger partial charge in [-0.1, -0.05) is 27.7 Å². The predicted octanol–water partition coefficient (Wildman–Crippen LogP) is 3.02. The lowest BCUT2D eigenvalue weighted by Crippen LogP contribution is -2.36. The lowest BCUT2D eigenvalue weighted by Gasteiger charge is -2.28. The summed E-state index contributed by atoms with van der Waals surface area (Å²) < 4.78 is 1.70. The number of nitrogens with one attached hydrogen (secondary N) is 1. The summed E-state index contributed by atoms with van der Waals surface area (Å²) in [5.41, 5.74) is 1.51. The highest BCUT2D eigenvalue weighted by molar-refractivity contribution is 5.44. The molecule has 1 aromatic heterocycles. The van der Waals surface area contributed by atoms with Crippen LogP contribution in [0.4, 0.5) is 5.69 Å². The molecule has 2 unspecified atom stereocenters. The highest BCUT2D eigenvalue weighted by Crippen LogP contribution is 2.36. The molecule has 0 saturated heterocycles. The molecule has 0 aromatic carbocycles. The van der Waals surface area contributed by atoms with Gasteiger partial charge < -0.3 is 5.32 Å². The summed E-state index contributed by atoms with van der Waals surface area (Å²) in [5, 5.41) is 19.3. The minimum absolute atomic E-state index is 0.0646. The van der Waals surface area contributed by atoms with Crippen LogP contribution in [0.5, 0.6) is 0 Å². The second-order valence-corrected chi connectivity index (χ2v) is 5.93. The molecule has 120 valence electrons. The molecule has 0 aliphatic heterocycles. The third-order valence-corrected chi connectivity index (χ3v) is 3.94. The van der Waals surface area contributed by atoms with Crippen molar-refractivity contribution >= 4 is 5.69 Å². The normalized spacial score (nSPS) is 14.4. The standard InChI is InChI=1S/C15H28N4O2/c1-7-9-16-11(5)13(10(3)4)15-14(19(20)21)12(8-2)17-18(15)6/h10-11,13,16H,7-9H2,1-6H3. The third-order valence-electron chi connectivity index (χ3n) is 3.94. The molecule has 1 rings (SSSR count). The summed E-state index contributed by atoms with van der Waals surface area (Å²) >= 11 is 0. The highest BCUT2D eigenvalue weighted by Gasteiger charge is 2.35. The summed E-state index contributed by atoms with van der Waals surface area (Å²) in [7, 11) is 1.81. The molecular weight excluding hydrogens is 268 g/mol. The predicted molar refractivity (Wildman–Crippen MR) is 84.6 cm³/mol. The van der Waals surface area contributed by atoms with Crippen LogP contribution in [0.25, 0.3) is 0 Å². The molecular formula is C15H28N4O2. The van der Waals surface area contributed by atoms with Crippen molar-refractivity contribution in [3.8, 4) is 0 Å². The molecule has 21 heavy (non-hydrogen) atoms. The Morgan fingerprint density at radius 3 is 2.38 bits per heavy atom. The Hall–Kier alpha value is -1.43. The first kappa shape index (κ1) is 17.6. The summed E-state index contributed by atoms with van der Waals surface area (Å²) in [6, 6.07) is 0.170. The van der Waals surface area contributed by atoms with E-state index >= 15 is 0 Å². The molecule has 1 N–H and O–H groups in total. The molecule has 2 atom stereocenters. The fraction of sp³-hybridized carbons (Fsp3) is 0.800. The van der Waals surface area contributed by atoms with Crippen molar-refractivity contribution in [3.63, 3.8) is 0 Å². The zero-order chi connectivity index (χ0) is 16.2. The molecule has 6 heteroatoms. The molecule has 0 amide bonds. The van der Waals surface area contributed by atoms with E-state index in [1.807, 2.05) is 14.0 Å². The molecule has 0 saturated carbocycles. The smallest absolute Gasteiger partial charge is 0.313 e. The number of rotatable bonds is 8. The Bertz CT molecular complexity index is 482. The molecule has 0 spiro atoms. The van der Waals surface area contributed by atoms with Gasteiger partial charge in [0, 0.05) is 19.0 Å². The van der Waals surface area contributed by atoms with Gasteiger partial charge in [0.2, 0.25) is 0 Å². The quantitative estimate of drug-likeness (QED) is 0.591. The summed E-state index contributed by atoms with van der Waals surface area (Å²) in [6.07, 6.45) is 1.62. The van der Waals surface area contributed by atoms with E-state index in [4.69, 9.17) is 0 Å². The Morgan fingerprint density at radius 2 is 1.95 bits per heavy atom. The Morgan fingerprint density at radius 1 is 1.33 bits per heavy atom. The average molecular weight is 296 g/mol. The molecule has 0 fully saturated rings. The Balaban J connectivity index is 3.31. The summed E-state index contributed by atoms with van der Waals surface area (Å²) in [6.45, 7) is 11.3. The van der Waals surface area contributed by atoms with Gasteiger partial charge in [-0.05, 0) is 32.2 Å². The van der Waals surface area contributed by atoms with E-state index in [9.17, 15) is 10.1 Å². The molecule has 1 aromatic rings. The first-order valence-corrected chi connectivity index (χ1v) is 7.78. The molecule has 0 aliphatic rings. The van der Waals surface area contributed by atoms with Crippen LogP contribution in [0.1, 0.15) is 58.3 Å². The van der Waals surface area contributed by atoms with Gasteiger partial charge in [-0.25, -0.2) is 0 Å². The van der Waals surface area contributed by atoms with Crippen molar-refractivity contribution < 1.29 is 4.92 Å². The number of hydrogen-bond acceptors (Lipinski definition) is 4. The maximum atomic E-state index is 11.5. The van der Waals surface area contributed by atoms with Crippen molar-refractivity contribution in [2.75, 3.05) is 6.54 Å². The van der Waals surface area contributed by atoms with Crippen molar-refractivity contribution in [1.82, 2.24) is 15.1 Å². The van der Waals surface area contributed by atoms with Crippen LogP contribution in [0.3, 0.4) is 0 Å². The molecule has 1 heterocycles. The van der Waals surface area contributed by atoms with Crippen molar-refractivity contribution in [2.24, 2.45) is 13.0 Å². The number of hydrogen-bond donors (Lipinski definition) is 1. The third kappa shape index (κ3) is 3.81. The highest BCUT2D eigenvalue weighted by atomic mass is 16.6. The van der Waals surface area contributed by atoms with Crippen molar-refractivity contribution in [2.45, 2.75) is 59.4 Å². The minimum Gasteiger partial charge on any atom is -0.314 e. The van der Waals surface area contributed by atoms with Crippen LogP contribution in [0.2, 0.25) is 0 Å². The van der Waals surface area contributed by atoms with Crippen LogP contribution in [0, 0.1) is 16.0 Å². The maximum absolute atomic E-state index is 11.5. The Labute approximate surface area is 127 Å². The molecule has 6 nitrogen and oxygen atoms in total. The zero-order valence-electron chi connectivity index (χ0n) is 14.0. The Kier molecular flexibility index (Phi) is 6.33. The van der Waals surface area contributed by atoms with Gasteiger partial charge in [-0.3, -0.25) is 14.8 Å². The van der Waals surface area contributed by atoms with Gasteiger partial charge in [0.05, 0.1) is 4.92 Å². The molecule has 0 aliphatic carbocycles. The molecule has 0 bridgehead atoms. The monoisotopic (exact) mass is 296 g/mol. The topological polar surface area (TPSA) is 73.0 Å². The van der Waals surface area contributed by atoms with Crippen LogP contribution < -0.4 is 5.32 Å². The molecule has 0 radical (unpaired) electrons. The van der Waals surface area contributed by atoms with Gasteiger partial charge in [0.1, 0.15) is 11.4 Å². The number of nitrogens with zero attached hydrogens (tertiary/aromatic N) is 3. The van der Waals surface area contributed by atoms with E-state index in [0.29, 0.717) is 18.0 Å². The van der Waals surface area contributed by atoms with Gasteiger partial charge in [-0.2, -0.15) is 5.10 Å². The minimum atomic E-state index is -0.275. The van der Waals surface area contributed by atoms with Gasteiger partial charge in [0.25, 0.3) is 0 Å². The number of aromatic nitrogens is 2. The van der Waals surface area contributed by atoms with Crippen molar-refractivity contribution in [3.05, 3.63) is 21.5 Å². The lowest BCUT2D eigenvalue weighted by atomic mass is 9.85. The van der Waals surface area contributed by atoms with E-state index in [0.717, 1.165) is 18.7 Å². The maximum Gasteiger partial charge on any atom is 0.313 e. The lowest BCUT2D eigenvalue weighted by molar-refractivity contribution is -0.386. The van der Waals surface area contributed by atoms with Crippen LogP contribution in [0.15, 0.2) is 0 Å². The first-order chi connectivity index (χ1) is 9.84. The second-order valence-electron chi connectivity index (χ2n) is 5.93. The van der Waals surface area contributed by atoms with Crippen LogP contribution in [-0.2, 0) is 13.5 Å². The van der Waals surface area contributed by atoms with E-state index in [-0.39, 0.29) is 22.6 Å². The van der Waals surface area contributed by atoms with Crippen LogP contribution >= 0.6 is 0 Å². The van der Waals surface area contributed by atoms with Gasteiger partial charge >= 0.3 is 5.69 Å².